The van der Waals surface area contributed by atoms with Crippen molar-refractivity contribution in [1.82, 2.24) is 0 Å². The van der Waals surface area contributed by atoms with Crippen LogP contribution >= 0.6 is 28.4 Å². The molecule has 0 saturated carbocycles. The molecule has 2 aromatic rings. The van der Waals surface area contributed by atoms with Gasteiger partial charge in [0.2, 0.25) is 0 Å². The summed E-state index contributed by atoms with van der Waals surface area (Å²) in [5, 5.41) is 2.05. The van der Waals surface area contributed by atoms with Gasteiger partial charge in [-0.2, -0.15) is 0 Å². The Kier molecular flexibility index (Phi) is 5.48. The monoisotopic (exact) mass is 451 g/mol. The SMILES string of the molecule is Cl[PH](Cl)(c1ccccc1)c1ccccc1.[Pt]. The third kappa shape index (κ3) is 3.08. The largest absolute Gasteiger partial charge is 0 e. The number of hydrogen-bond donors (Lipinski definition) is 0. The summed E-state index contributed by atoms with van der Waals surface area (Å²) < 4.78 is 0. The molecule has 0 saturated heterocycles. The van der Waals surface area contributed by atoms with Crippen LogP contribution in [-0.4, -0.2) is 0 Å². The molecule has 0 fully saturated rings. The van der Waals surface area contributed by atoms with Crippen molar-refractivity contribution in [2.24, 2.45) is 0 Å². The molecular formula is C12H11Cl2PPt. The van der Waals surface area contributed by atoms with E-state index < -0.39 is 5.97 Å². The van der Waals surface area contributed by atoms with Crippen LogP contribution in [0.25, 0.3) is 0 Å². The first-order chi connectivity index (χ1) is 7.21. The van der Waals surface area contributed by atoms with Crippen molar-refractivity contribution in [2.45, 2.75) is 0 Å². The fraction of sp³-hybridized carbons (Fsp3) is 0. The van der Waals surface area contributed by atoms with Crippen LogP contribution in [0.15, 0.2) is 60.7 Å². The molecule has 4 heteroatoms. The topological polar surface area (TPSA) is 0 Å². The second-order valence-electron chi connectivity index (χ2n) is 3.31. The molecule has 2 rings (SSSR count). The number of rotatable bonds is 2. The van der Waals surface area contributed by atoms with E-state index in [9.17, 15) is 0 Å². The first-order valence-electron chi connectivity index (χ1n) is 4.70. The molecule has 0 aromatic heterocycles. The van der Waals surface area contributed by atoms with Gasteiger partial charge in [0.25, 0.3) is 0 Å². The maximum Gasteiger partial charge on any atom is 0 e. The molecule has 0 bridgehead atoms. The summed E-state index contributed by atoms with van der Waals surface area (Å²) in [5.41, 5.74) is 0. The Morgan fingerprint density at radius 3 is 1.25 bits per heavy atom. The molecule has 0 unspecified atom stereocenters. The fourth-order valence-electron chi connectivity index (χ4n) is 1.46. The summed E-state index contributed by atoms with van der Waals surface area (Å²) >= 11 is 13.0. The van der Waals surface area contributed by atoms with Gasteiger partial charge in [-0.1, -0.05) is 0 Å². The molecular weight excluding hydrogens is 441 g/mol. The van der Waals surface area contributed by atoms with Crippen LogP contribution in [0.5, 0.6) is 0 Å². The maximum absolute atomic E-state index is 6.49. The van der Waals surface area contributed by atoms with Crippen LogP contribution in [0.1, 0.15) is 0 Å². The molecule has 16 heavy (non-hydrogen) atoms. The third-order valence-electron chi connectivity index (χ3n) is 2.27. The molecule has 0 heterocycles. The number of halogens is 2. The van der Waals surface area contributed by atoms with Crippen LogP contribution in [0.3, 0.4) is 0 Å². The number of benzene rings is 2. The molecule has 0 aliphatic heterocycles. The van der Waals surface area contributed by atoms with Crippen LogP contribution in [-0.2, 0) is 21.1 Å². The van der Waals surface area contributed by atoms with Crippen molar-refractivity contribution < 1.29 is 21.1 Å². The molecule has 0 radical (unpaired) electrons. The Labute approximate surface area is 120 Å². The van der Waals surface area contributed by atoms with Gasteiger partial charge in [-0.3, -0.25) is 0 Å². The van der Waals surface area contributed by atoms with E-state index in [1.54, 1.807) is 0 Å². The van der Waals surface area contributed by atoms with E-state index in [0.29, 0.717) is 0 Å². The minimum atomic E-state index is -2.51. The van der Waals surface area contributed by atoms with E-state index in [4.69, 9.17) is 22.5 Å². The van der Waals surface area contributed by atoms with Crippen molar-refractivity contribution in [2.75, 3.05) is 0 Å². The zero-order valence-corrected chi connectivity index (χ0v) is 13.1. The summed E-state index contributed by atoms with van der Waals surface area (Å²) in [6, 6.07) is 19.7. The molecule has 0 atom stereocenters. The second-order valence-corrected chi connectivity index (χ2v) is 9.59. The Hall–Kier alpha value is 0.138. The zero-order chi connectivity index (χ0) is 10.7. The van der Waals surface area contributed by atoms with Gasteiger partial charge in [0, 0.05) is 21.1 Å². The van der Waals surface area contributed by atoms with Gasteiger partial charge in [0.1, 0.15) is 0 Å². The summed E-state index contributed by atoms with van der Waals surface area (Å²) in [5.74, 6) is -2.51. The van der Waals surface area contributed by atoms with Crippen LogP contribution < -0.4 is 10.6 Å². The minimum Gasteiger partial charge on any atom is 0 e. The van der Waals surface area contributed by atoms with Crippen LogP contribution in [0, 0.1) is 0 Å². The second kappa shape index (κ2) is 6.17. The van der Waals surface area contributed by atoms with E-state index in [1.165, 1.54) is 0 Å². The Balaban J connectivity index is 0.00000128. The van der Waals surface area contributed by atoms with Crippen molar-refractivity contribution in [3.05, 3.63) is 60.7 Å². The predicted octanol–water partition coefficient (Wildman–Crippen LogP) is 3.69. The minimum absolute atomic E-state index is 0. The standard InChI is InChI=1S/C12H11Cl2P.Pt/c13-15(14,11-7-3-1-4-8-11)12-9-5-2-6-10-12;/h1-10,15H;. The Morgan fingerprint density at radius 2 is 0.938 bits per heavy atom. The van der Waals surface area contributed by atoms with Crippen LogP contribution in [0.2, 0.25) is 0 Å². The molecule has 0 N–H and O–H groups in total. The van der Waals surface area contributed by atoms with Gasteiger partial charge in [-0.25, -0.2) is 0 Å². The molecule has 0 aliphatic rings. The van der Waals surface area contributed by atoms with Gasteiger partial charge in [0.05, 0.1) is 0 Å². The smallest absolute Gasteiger partial charge is 0 e. The van der Waals surface area contributed by atoms with E-state index in [2.05, 4.69) is 0 Å². The Bertz CT molecular complexity index is 390. The first kappa shape index (κ1) is 14.2. The average molecular weight is 452 g/mol. The van der Waals surface area contributed by atoms with E-state index in [1.807, 2.05) is 60.7 Å². The van der Waals surface area contributed by atoms with Gasteiger partial charge >= 0.3 is 99.7 Å². The van der Waals surface area contributed by atoms with Crippen molar-refractivity contribution >= 4 is 39.1 Å². The molecule has 88 valence electrons. The zero-order valence-electron chi connectivity index (χ0n) is 8.35. The number of hydrogen-bond acceptors (Lipinski definition) is 0. The summed E-state index contributed by atoms with van der Waals surface area (Å²) in [6.45, 7) is 0. The first-order valence-corrected chi connectivity index (χ1v) is 8.72. The molecule has 0 amide bonds. The predicted molar refractivity (Wildman–Crippen MR) is 72.2 cm³/mol. The van der Waals surface area contributed by atoms with Crippen molar-refractivity contribution in [1.29, 1.82) is 0 Å². The Morgan fingerprint density at radius 1 is 0.625 bits per heavy atom. The van der Waals surface area contributed by atoms with Gasteiger partial charge in [-0.15, -0.1) is 0 Å². The van der Waals surface area contributed by atoms with Crippen LogP contribution in [0.4, 0.5) is 0 Å². The van der Waals surface area contributed by atoms with E-state index >= 15 is 0 Å². The van der Waals surface area contributed by atoms with Gasteiger partial charge < -0.3 is 0 Å². The summed E-state index contributed by atoms with van der Waals surface area (Å²) in [7, 11) is 0. The molecule has 0 spiro atoms. The molecule has 2 aromatic carbocycles. The van der Waals surface area contributed by atoms with Gasteiger partial charge in [0.15, 0.2) is 0 Å². The molecule has 0 aliphatic carbocycles. The fourth-order valence-corrected chi connectivity index (χ4v) is 4.53. The van der Waals surface area contributed by atoms with E-state index in [-0.39, 0.29) is 21.1 Å². The quantitative estimate of drug-likeness (QED) is 0.611. The molecule has 0 nitrogen and oxygen atoms in total. The van der Waals surface area contributed by atoms with E-state index in [0.717, 1.165) is 10.6 Å². The third-order valence-corrected chi connectivity index (χ3v) is 7.01. The summed E-state index contributed by atoms with van der Waals surface area (Å²) in [6.07, 6.45) is 0. The van der Waals surface area contributed by atoms with Gasteiger partial charge in [-0.05, 0) is 0 Å². The normalized spacial score (nSPS) is 11.6. The average Bonchev–Trinajstić information content (AvgIpc) is 2.31. The van der Waals surface area contributed by atoms with Crippen molar-refractivity contribution in [3.8, 4) is 0 Å². The summed E-state index contributed by atoms with van der Waals surface area (Å²) in [4.78, 5) is 0. The maximum atomic E-state index is 6.49. The van der Waals surface area contributed by atoms with Crippen molar-refractivity contribution in [3.63, 3.8) is 0 Å².